The maximum Gasteiger partial charge on any atom is 0.202 e. The Kier molecular flexibility index (Phi) is 4.17. The largest absolute Gasteiger partial charge is 0.483 e. The topological polar surface area (TPSA) is 50.1 Å². The number of ketones is 1. The lowest BCUT2D eigenvalue weighted by Crippen LogP contribution is -2.23. The lowest BCUT2D eigenvalue weighted by atomic mass is 10.1. The van der Waals surface area contributed by atoms with Gasteiger partial charge in [0.05, 0.1) is 11.6 Å². The average Bonchev–Trinajstić information content (AvgIpc) is 2.47. The van der Waals surface area contributed by atoms with Gasteiger partial charge in [0.1, 0.15) is 5.75 Å². The molecular formula is C17H15NO2. The van der Waals surface area contributed by atoms with Crippen molar-refractivity contribution in [2.24, 2.45) is 0 Å². The highest BCUT2D eigenvalue weighted by atomic mass is 16.5. The van der Waals surface area contributed by atoms with Gasteiger partial charge in [-0.1, -0.05) is 35.9 Å². The van der Waals surface area contributed by atoms with Crippen LogP contribution in [0.15, 0.2) is 48.5 Å². The molecule has 2 aromatic carbocycles. The van der Waals surface area contributed by atoms with Crippen molar-refractivity contribution in [3.05, 3.63) is 65.2 Å². The van der Waals surface area contributed by atoms with Gasteiger partial charge in [0.15, 0.2) is 6.10 Å². The van der Waals surface area contributed by atoms with E-state index in [2.05, 4.69) is 0 Å². The van der Waals surface area contributed by atoms with Gasteiger partial charge in [0.2, 0.25) is 5.78 Å². The fourth-order valence-corrected chi connectivity index (χ4v) is 1.85. The molecule has 0 spiro atoms. The highest BCUT2D eigenvalue weighted by Gasteiger charge is 2.16. The van der Waals surface area contributed by atoms with E-state index in [9.17, 15) is 4.79 Å². The van der Waals surface area contributed by atoms with Crippen LogP contribution in [0.2, 0.25) is 0 Å². The summed E-state index contributed by atoms with van der Waals surface area (Å²) in [6.45, 7) is 3.68. The third-order valence-electron chi connectivity index (χ3n) is 2.98. The minimum Gasteiger partial charge on any atom is -0.483 e. The second-order valence-electron chi connectivity index (χ2n) is 4.63. The van der Waals surface area contributed by atoms with Crippen molar-refractivity contribution < 1.29 is 9.53 Å². The number of aryl methyl sites for hydroxylation is 1. The van der Waals surface area contributed by atoms with Crippen molar-refractivity contribution in [2.75, 3.05) is 0 Å². The first-order chi connectivity index (χ1) is 9.60. The van der Waals surface area contributed by atoms with Gasteiger partial charge in [0.25, 0.3) is 0 Å². The fraction of sp³-hybridized carbons (Fsp3) is 0.176. The maximum atomic E-state index is 12.2. The number of hydrogen-bond donors (Lipinski definition) is 0. The highest BCUT2D eigenvalue weighted by Crippen LogP contribution is 2.16. The van der Waals surface area contributed by atoms with E-state index in [1.807, 2.05) is 25.1 Å². The second-order valence-corrected chi connectivity index (χ2v) is 4.63. The first-order valence-electron chi connectivity index (χ1n) is 6.38. The van der Waals surface area contributed by atoms with Crippen molar-refractivity contribution >= 4 is 5.78 Å². The molecule has 0 bridgehead atoms. The number of hydrogen-bond acceptors (Lipinski definition) is 3. The fourth-order valence-electron chi connectivity index (χ4n) is 1.85. The molecule has 0 radical (unpaired) electrons. The number of nitriles is 1. The van der Waals surface area contributed by atoms with Crippen LogP contribution in [-0.4, -0.2) is 11.9 Å². The molecule has 0 amide bonds. The molecule has 2 aromatic rings. The minimum atomic E-state index is -0.591. The van der Waals surface area contributed by atoms with E-state index < -0.39 is 6.10 Å². The Bertz CT molecular complexity index is 653. The molecule has 100 valence electrons. The Morgan fingerprint density at radius 3 is 2.55 bits per heavy atom. The smallest absolute Gasteiger partial charge is 0.202 e. The van der Waals surface area contributed by atoms with E-state index in [4.69, 9.17) is 10.00 Å². The van der Waals surface area contributed by atoms with Crippen molar-refractivity contribution in [3.8, 4) is 11.8 Å². The lowest BCUT2D eigenvalue weighted by Gasteiger charge is -2.14. The van der Waals surface area contributed by atoms with Crippen LogP contribution in [0.1, 0.15) is 28.4 Å². The zero-order chi connectivity index (χ0) is 14.5. The summed E-state index contributed by atoms with van der Waals surface area (Å²) in [5.74, 6) is 0.448. The number of nitrogens with zero attached hydrogens (tertiary/aromatic N) is 1. The van der Waals surface area contributed by atoms with E-state index in [-0.39, 0.29) is 5.78 Å². The third-order valence-corrected chi connectivity index (χ3v) is 2.98. The summed E-state index contributed by atoms with van der Waals surface area (Å²) in [6.07, 6.45) is -0.591. The van der Waals surface area contributed by atoms with Gasteiger partial charge in [-0.05, 0) is 32.0 Å². The molecule has 1 atom stereocenters. The summed E-state index contributed by atoms with van der Waals surface area (Å²) in [5.41, 5.74) is 2.24. The number of Topliss-reactive ketones (excluding diaryl/α,β-unsaturated/α-hetero) is 1. The Labute approximate surface area is 118 Å². The van der Waals surface area contributed by atoms with Gasteiger partial charge < -0.3 is 4.74 Å². The number of ether oxygens (including phenoxy) is 1. The zero-order valence-electron chi connectivity index (χ0n) is 11.5. The Hall–Kier alpha value is -2.60. The zero-order valence-corrected chi connectivity index (χ0v) is 11.5. The second kappa shape index (κ2) is 6.03. The van der Waals surface area contributed by atoms with Crippen LogP contribution in [0.25, 0.3) is 0 Å². The van der Waals surface area contributed by atoms with Crippen LogP contribution in [0.4, 0.5) is 0 Å². The van der Waals surface area contributed by atoms with Crippen LogP contribution < -0.4 is 4.74 Å². The van der Waals surface area contributed by atoms with E-state index in [1.165, 1.54) is 0 Å². The van der Waals surface area contributed by atoms with Crippen LogP contribution in [0, 0.1) is 18.3 Å². The molecule has 0 aromatic heterocycles. The molecule has 0 unspecified atom stereocenters. The molecular weight excluding hydrogens is 250 g/mol. The summed E-state index contributed by atoms with van der Waals surface area (Å²) >= 11 is 0. The quantitative estimate of drug-likeness (QED) is 0.795. The van der Waals surface area contributed by atoms with E-state index in [1.54, 1.807) is 43.3 Å². The summed E-state index contributed by atoms with van der Waals surface area (Å²) in [6, 6.07) is 16.2. The molecule has 0 aliphatic carbocycles. The number of rotatable bonds is 4. The molecule has 0 heterocycles. The van der Waals surface area contributed by atoms with Crippen LogP contribution in [0.3, 0.4) is 0 Å². The van der Waals surface area contributed by atoms with Crippen molar-refractivity contribution in [1.82, 2.24) is 0 Å². The molecule has 0 fully saturated rings. The van der Waals surface area contributed by atoms with E-state index in [0.29, 0.717) is 16.9 Å². The predicted molar refractivity (Wildman–Crippen MR) is 76.8 cm³/mol. The molecule has 3 heteroatoms. The summed E-state index contributed by atoms with van der Waals surface area (Å²) in [7, 11) is 0. The molecule has 0 N–H and O–H groups in total. The Morgan fingerprint density at radius 2 is 1.90 bits per heavy atom. The normalized spacial score (nSPS) is 11.4. The van der Waals surface area contributed by atoms with Gasteiger partial charge in [-0.15, -0.1) is 0 Å². The van der Waals surface area contributed by atoms with Crippen LogP contribution in [0.5, 0.6) is 5.75 Å². The minimum absolute atomic E-state index is 0.0765. The Balaban J connectivity index is 2.11. The number of benzene rings is 2. The average molecular weight is 265 g/mol. The van der Waals surface area contributed by atoms with E-state index in [0.717, 1.165) is 5.56 Å². The molecule has 20 heavy (non-hydrogen) atoms. The van der Waals surface area contributed by atoms with Gasteiger partial charge >= 0.3 is 0 Å². The summed E-state index contributed by atoms with van der Waals surface area (Å²) in [5, 5.41) is 8.84. The van der Waals surface area contributed by atoms with Crippen LogP contribution in [-0.2, 0) is 0 Å². The molecule has 3 nitrogen and oxygen atoms in total. The lowest BCUT2D eigenvalue weighted by molar-refractivity contribution is 0.0818. The maximum absolute atomic E-state index is 12.2. The van der Waals surface area contributed by atoms with Gasteiger partial charge in [0, 0.05) is 5.56 Å². The summed E-state index contributed by atoms with van der Waals surface area (Å²) in [4.78, 5) is 12.2. The SMILES string of the molecule is Cc1ccc(C(=O)[C@H](C)Oc2cccc(C#N)c2)cc1. The van der Waals surface area contributed by atoms with Gasteiger partial charge in [-0.25, -0.2) is 0 Å². The summed E-state index contributed by atoms with van der Waals surface area (Å²) < 4.78 is 5.60. The monoisotopic (exact) mass is 265 g/mol. The van der Waals surface area contributed by atoms with Gasteiger partial charge in [-0.3, -0.25) is 4.79 Å². The first-order valence-corrected chi connectivity index (χ1v) is 6.38. The van der Waals surface area contributed by atoms with Gasteiger partial charge in [-0.2, -0.15) is 5.26 Å². The third kappa shape index (κ3) is 3.24. The molecule has 0 saturated carbocycles. The molecule has 2 rings (SSSR count). The molecule has 0 saturated heterocycles. The van der Waals surface area contributed by atoms with Crippen molar-refractivity contribution in [3.63, 3.8) is 0 Å². The Morgan fingerprint density at radius 1 is 1.20 bits per heavy atom. The molecule has 0 aliphatic heterocycles. The first kappa shape index (κ1) is 13.8. The predicted octanol–water partition coefficient (Wildman–Crippen LogP) is 3.52. The number of carbonyl (C=O) groups is 1. The van der Waals surface area contributed by atoms with E-state index >= 15 is 0 Å². The van der Waals surface area contributed by atoms with Crippen molar-refractivity contribution in [2.45, 2.75) is 20.0 Å². The molecule has 0 aliphatic rings. The van der Waals surface area contributed by atoms with Crippen molar-refractivity contribution in [1.29, 1.82) is 5.26 Å². The number of carbonyl (C=O) groups excluding carboxylic acids is 1. The standard InChI is InChI=1S/C17H15NO2/c1-12-6-8-15(9-7-12)17(19)13(2)20-16-5-3-4-14(10-16)11-18/h3-10,13H,1-2H3/t13-/m0/s1. The highest BCUT2D eigenvalue weighted by molar-refractivity contribution is 5.99. The van der Waals surface area contributed by atoms with Crippen LogP contribution >= 0.6 is 0 Å².